The van der Waals surface area contributed by atoms with Crippen molar-refractivity contribution in [1.82, 2.24) is 14.5 Å². The lowest BCUT2D eigenvalue weighted by Crippen LogP contribution is -2.47. The maximum absolute atomic E-state index is 4.45. The Bertz CT molecular complexity index is 589. The summed E-state index contributed by atoms with van der Waals surface area (Å²) in [5.74, 6) is 1.20. The van der Waals surface area contributed by atoms with Gasteiger partial charge in [0.25, 0.3) is 0 Å². The van der Waals surface area contributed by atoms with E-state index in [4.69, 9.17) is 0 Å². The molecule has 1 N–H and O–H groups in total. The van der Waals surface area contributed by atoms with E-state index >= 15 is 0 Å². The first-order chi connectivity index (χ1) is 9.40. The average Bonchev–Trinajstić information content (AvgIpc) is 2.94. The molecule has 4 nitrogen and oxygen atoms in total. The average molecular weight is 254 g/mol. The minimum Gasteiger partial charge on any atom is -0.383 e. The number of aromatic nitrogens is 2. The minimum absolute atomic E-state index is 0.584. The number of nitrogens with zero attached hydrogens (tertiary/aromatic N) is 3. The van der Waals surface area contributed by atoms with Crippen molar-refractivity contribution < 1.29 is 0 Å². The first-order valence-corrected chi connectivity index (χ1v) is 6.96. The van der Waals surface area contributed by atoms with Gasteiger partial charge in [-0.1, -0.05) is 18.2 Å². The first-order valence-electron chi connectivity index (χ1n) is 6.96. The number of anilines is 1. The highest BCUT2D eigenvalue weighted by molar-refractivity contribution is 5.53. The summed E-state index contributed by atoms with van der Waals surface area (Å²) in [4.78, 5) is 7.01. The molecule has 2 aromatic rings. The van der Waals surface area contributed by atoms with Crippen LogP contribution in [0.3, 0.4) is 0 Å². The van der Waals surface area contributed by atoms with Crippen LogP contribution in [0.4, 0.5) is 5.69 Å². The maximum Gasteiger partial charge on any atom is 0.122 e. The lowest BCUT2D eigenvalue weighted by molar-refractivity contribution is 0.155. The zero-order chi connectivity index (χ0) is 12.7. The molecule has 19 heavy (non-hydrogen) atoms. The van der Waals surface area contributed by atoms with Gasteiger partial charge < -0.3 is 9.88 Å². The van der Waals surface area contributed by atoms with Crippen molar-refractivity contribution in [3.63, 3.8) is 0 Å². The maximum atomic E-state index is 4.45. The molecule has 0 saturated heterocycles. The van der Waals surface area contributed by atoms with Crippen molar-refractivity contribution in [2.45, 2.75) is 25.6 Å². The van der Waals surface area contributed by atoms with Gasteiger partial charge in [0.1, 0.15) is 5.82 Å². The summed E-state index contributed by atoms with van der Waals surface area (Å²) < 4.78 is 2.26. The highest BCUT2D eigenvalue weighted by Crippen LogP contribution is 2.25. The predicted molar refractivity (Wildman–Crippen MR) is 75.1 cm³/mol. The summed E-state index contributed by atoms with van der Waals surface area (Å²) in [7, 11) is 0. The van der Waals surface area contributed by atoms with Gasteiger partial charge in [-0.2, -0.15) is 0 Å². The molecular formula is C15H18N4. The van der Waals surface area contributed by atoms with E-state index in [1.807, 2.05) is 6.20 Å². The molecule has 4 rings (SSSR count). The van der Waals surface area contributed by atoms with Gasteiger partial charge in [0.15, 0.2) is 0 Å². The molecule has 3 heterocycles. The molecule has 2 aliphatic rings. The highest BCUT2D eigenvalue weighted by Gasteiger charge is 2.27. The Balaban J connectivity index is 1.53. The van der Waals surface area contributed by atoms with Crippen LogP contribution in [0.15, 0.2) is 36.7 Å². The second kappa shape index (κ2) is 4.38. The first kappa shape index (κ1) is 11.1. The molecule has 4 heteroatoms. The molecule has 0 fully saturated rings. The number of rotatable bonds is 1. The van der Waals surface area contributed by atoms with Crippen molar-refractivity contribution in [3.8, 4) is 0 Å². The normalized spacial score (nSPS) is 22.4. The Labute approximate surface area is 113 Å². The Morgan fingerprint density at radius 2 is 2.16 bits per heavy atom. The third kappa shape index (κ3) is 1.92. The summed E-state index contributed by atoms with van der Waals surface area (Å²) >= 11 is 0. The molecule has 0 saturated carbocycles. The Morgan fingerprint density at radius 3 is 3.16 bits per heavy atom. The molecule has 1 unspecified atom stereocenters. The molecule has 1 aromatic heterocycles. The molecule has 1 atom stereocenters. The van der Waals surface area contributed by atoms with E-state index in [1.54, 1.807) is 0 Å². The van der Waals surface area contributed by atoms with Gasteiger partial charge in [0.05, 0.1) is 6.54 Å². The molecule has 0 amide bonds. The van der Waals surface area contributed by atoms with Gasteiger partial charge in [-0.25, -0.2) is 4.98 Å². The summed E-state index contributed by atoms with van der Waals surface area (Å²) in [5, 5.41) is 3.56. The lowest BCUT2D eigenvalue weighted by Gasteiger charge is -2.37. The summed E-state index contributed by atoms with van der Waals surface area (Å²) in [6.45, 7) is 4.20. The topological polar surface area (TPSA) is 33.1 Å². The van der Waals surface area contributed by atoms with Gasteiger partial charge in [0, 0.05) is 43.8 Å². The van der Waals surface area contributed by atoms with Gasteiger partial charge in [0.2, 0.25) is 0 Å². The Kier molecular flexibility index (Phi) is 2.55. The predicted octanol–water partition coefficient (Wildman–Crippen LogP) is 1.74. The highest BCUT2D eigenvalue weighted by atomic mass is 15.3. The zero-order valence-electron chi connectivity index (χ0n) is 10.9. The van der Waals surface area contributed by atoms with E-state index in [0.717, 1.165) is 32.6 Å². The molecule has 0 bridgehead atoms. The zero-order valence-corrected chi connectivity index (χ0v) is 10.9. The third-order valence-electron chi connectivity index (χ3n) is 4.29. The number of nitrogens with one attached hydrogen (secondary N) is 1. The number of benzene rings is 1. The van der Waals surface area contributed by atoms with E-state index in [0.29, 0.717) is 6.04 Å². The number of imidazole rings is 1. The fraction of sp³-hybridized carbons (Fsp3) is 0.400. The van der Waals surface area contributed by atoms with Crippen LogP contribution in [0.5, 0.6) is 0 Å². The van der Waals surface area contributed by atoms with Crippen molar-refractivity contribution in [2.75, 3.05) is 18.4 Å². The van der Waals surface area contributed by atoms with Crippen molar-refractivity contribution in [2.24, 2.45) is 0 Å². The fourth-order valence-electron chi connectivity index (χ4n) is 3.19. The Hall–Kier alpha value is -1.81. The van der Waals surface area contributed by atoms with Crippen LogP contribution < -0.4 is 5.32 Å². The second-order valence-corrected chi connectivity index (χ2v) is 5.40. The minimum atomic E-state index is 0.584. The Morgan fingerprint density at radius 1 is 1.21 bits per heavy atom. The van der Waals surface area contributed by atoms with E-state index < -0.39 is 0 Å². The molecule has 1 aromatic carbocycles. The van der Waals surface area contributed by atoms with E-state index in [-0.39, 0.29) is 0 Å². The van der Waals surface area contributed by atoms with Crippen LogP contribution >= 0.6 is 0 Å². The molecule has 0 radical (unpaired) electrons. The number of hydrogen-bond donors (Lipinski definition) is 1. The molecule has 98 valence electrons. The van der Waals surface area contributed by atoms with E-state index in [9.17, 15) is 0 Å². The summed E-state index contributed by atoms with van der Waals surface area (Å²) in [6, 6.07) is 9.23. The van der Waals surface area contributed by atoms with E-state index in [1.165, 1.54) is 17.1 Å². The summed E-state index contributed by atoms with van der Waals surface area (Å²) in [5.41, 5.74) is 2.74. The van der Waals surface area contributed by atoms with Crippen molar-refractivity contribution in [1.29, 1.82) is 0 Å². The van der Waals surface area contributed by atoms with Gasteiger partial charge in [-0.3, -0.25) is 4.90 Å². The van der Waals surface area contributed by atoms with E-state index in [2.05, 4.69) is 50.2 Å². The number of hydrogen-bond acceptors (Lipinski definition) is 3. The molecular weight excluding hydrogens is 236 g/mol. The van der Waals surface area contributed by atoms with Gasteiger partial charge in [-0.15, -0.1) is 0 Å². The number of fused-ring (bicyclic) bond motifs is 2. The quantitative estimate of drug-likeness (QED) is 0.841. The monoisotopic (exact) mass is 254 g/mol. The third-order valence-corrected chi connectivity index (χ3v) is 4.29. The summed E-state index contributed by atoms with van der Waals surface area (Å²) in [6.07, 6.45) is 5.14. The van der Waals surface area contributed by atoms with Crippen LogP contribution in [0.1, 0.15) is 11.4 Å². The van der Waals surface area contributed by atoms with Crippen LogP contribution in [0, 0.1) is 0 Å². The lowest BCUT2D eigenvalue weighted by atomic mass is 9.98. The van der Waals surface area contributed by atoms with Gasteiger partial charge in [-0.05, 0) is 18.1 Å². The van der Waals surface area contributed by atoms with Gasteiger partial charge >= 0.3 is 0 Å². The second-order valence-electron chi connectivity index (χ2n) is 5.40. The van der Waals surface area contributed by atoms with Crippen LogP contribution in [0.25, 0.3) is 0 Å². The number of para-hydroxylation sites is 1. The molecule has 0 spiro atoms. The standard InChI is InChI=1S/C15H18N4/c1-2-4-14-12(3-1)9-13(10-17-14)19-8-7-18-6-5-16-15(18)11-19/h1-6,13,17H,7-11H2. The van der Waals surface area contributed by atoms with Crippen molar-refractivity contribution >= 4 is 5.69 Å². The van der Waals surface area contributed by atoms with Crippen LogP contribution in [0.2, 0.25) is 0 Å². The molecule has 0 aliphatic carbocycles. The SMILES string of the molecule is c1ccc2c(c1)CC(N1CCn3ccnc3C1)CN2. The smallest absolute Gasteiger partial charge is 0.122 e. The van der Waals surface area contributed by atoms with Crippen LogP contribution in [-0.4, -0.2) is 33.6 Å². The molecule has 2 aliphatic heterocycles. The van der Waals surface area contributed by atoms with Crippen molar-refractivity contribution in [3.05, 3.63) is 48.0 Å². The fourth-order valence-corrected chi connectivity index (χ4v) is 3.19. The largest absolute Gasteiger partial charge is 0.383 e. The van der Waals surface area contributed by atoms with Crippen LogP contribution in [-0.2, 0) is 19.5 Å².